The lowest BCUT2D eigenvalue weighted by Gasteiger charge is -2.09. The Balaban J connectivity index is 1.96. The molecule has 0 atom stereocenters. The van der Waals surface area contributed by atoms with Crippen molar-refractivity contribution in [1.29, 1.82) is 0 Å². The van der Waals surface area contributed by atoms with Crippen molar-refractivity contribution >= 4 is 53.7 Å². The highest BCUT2D eigenvalue weighted by atomic mass is 32.2. The number of hydrogen-bond donors (Lipinski definition) is 3. The van der Waals surface area contributed by atoms with Gasteiger partial charge < -0.3 is 9.97 Å². The van der Waals surface area contributed by atoms with E-state index in [1.807, 2.05) is 25.1 Å². The van der Waals surface area contributed by atoms with Crippen LogP contribution in [0.15, 0.2) is 56.9 Å². The molecule has 3 N–H and O–H groups in total. The standard InChI is InChI=1S/C22H16N2O5S/c1-10-3-4-16-13(5-10)21(25)14-8-18-15(9-17(14)23-16)22(26)20-11(2)6-12(30(27,28)29)7-19(20)24-18/h3-9H,1-2H3,(H,23,25)(H,24,26)(H,27,28,29). The van der Waals surface area contributed by atoms with Crippen LogP contribution in [-0.2, 0) is 10.1 Å². The van der Waals surface area contributed by atoms with Crippen molar-refractivity contribution in [2.75, 3.05) is 0 Å². The van der Waals surface area contributed by atoms with Crippen LogP contribution in [0.1, 0.15) is 11.1 Å². The Morgan fingerprint density at radius 2 is 1.33 bits per heavy atom. The molecule has 7 nitrogen and oxygen atoms in total. The SMILES string of the molecule is Cc1ccc2[nH]c3cc4c(=O)c5c(C)cc(S(=O)(=O)O)cc5[nH]c4cc3c(=O)c2c1. The molecule has 0 saturated carbocycles. The number of H-pyrrole nitrogens is 2. The average Bonchev–Trinajstić information content (AvgIpc) is 2.67. The lowest BCUT2D eigenvalue weighted by atomic mass is 10.0. The highest BCUT2D eigenvalue weighted by molar-refractivity contribution is 7.85. The first-order valence-electron chi connectivity index (χ1n) is 9.18. The largest absolute Gasteiger partial charge is 0.354 e. The van der Waals surface area contributed by atoms with E-state index in [1.165, 1.54) is 12.1 Å². The molecule has 0 radical (unpaired) electrons. The van der Waals surface area contributed by atoms with Gasteiger partial charge in [0.25, 0.3) is 10.1 Å². The summed E-state index contributed by atoms with van der Waals surface area (Å²) in [5.41, 5.74) is 2.84. The molecule has 5 aromatic rings. The van der Waals surface area contributed by atoms with Crippen LogP contribution in [0, 0.1) is 13.8 Å². The zero-order chi connectivity index (χ0) is 21.4. The number of rotatable bonds is 1. The lowest BCUT2D eigenvalue weighted by Crippen LogP contribution is -2.10. The molecule has 0 saturated heterocycles. The summed E-state index contributed by atoms with van der Waals surface area (Å²) in [6.07, 6.45) is 0. The van der Waals surface area contributed by atoms with Gasteiger partial charge in [-0.25, -0.2) is 0 Å². The van der Waals surface area contributed by atoms with E-state index in [9.17, 15) is 22.6 Å². The van der Waals surface area contributed by atoms with Crippen molar-refractivity contribution in [2.45, 2.75) is 18.7 Å². The van der Waals surface area contributed by atoms with Crippen molar-refractivity contribution < 1.29 is 13.0 Å². The second-order valence-corrected chi connectivity index (χ2v) is 8.96. The maximum absolute atomic E-state index is 13.2. The zero-order valence-corrected chi connectivity index (χ0v) is 16.8. The van der Waals surface area contributed by atoms with Crippen molar-refractivity contribution in [2.24, 2.45) is 0 Å². The molecular formula is C22H16N2O5S. The van der Waals surface area contributed by atoms with Gasteiger partial charge in [-0.15, -0.1) is 0 Å². The average molecular weight is 420 g/mol. The van der Waals surface area contributed by atoms with Crippen LogP contribution in [-0.4, -0.2) is 22.9 Å². The Hall–Kier alpha value is -3.49. The summed E-state index contributed by atoms with van der Waals surface area (Å²) >= 11 is 0. The van der Waals surface area contributed by atoms with Gasteiger partial charge in [-0.2, -0.15) is 8.42 Å². The van der Waals surface area contributed by atoms with Gasteiger partial charge in [0.2, 0.25) is 0 Å². The Morgan fingerprint density at radius 3 is 2.00 bits per heavy atom. The minimum Gasteiger partial charge on any atom is -0.354 e. The second-order valence-electron chi connectivity index (χ2n) is 7.54. The van der Waals surface area contributed by atoms with Crippen molar-refractivity contribution in [3.63, 3.8) is 0 Å². The number of hydrogen-bond acceptors (Lipinski definition) is 4. The number of aryl methyl sites for hydroxylation is 2. The molecule has 0 aliphatic carbocycles. The van der Waals surface area contributed by atoms with Gasteiger partial charge in [0.15, 0.2) is 10.9 Å². The molecule has 0 unspecified atom stereocenters. The minimum atomic E-state index is -4.43. The molecule has 0 aliphatic rings. The zero-order valence-electron chi connectivity index (χ0n) is 16.0. The predicted molar refractivity (Wildman–Crippen MR) is 117 cm³/mol. The number of benzene rings is 3. The van der Waals surface area contributed by atoms with Crippen LogP contribution in [0.4, 0.5) is 0 Å². The van der Waals surface area contributed by atoms with Gasteiger partial charge in [0.05, 0.1) is 21.4 Å². The maximum Gasteiger partial charge on any atom is 0.294 e. The first kappa shape index (κ1) is 18.5. The van der Waals surface area contributed by atoms with Crippen molar-refractivity contribution in [1.82, 2.24) is 9.97 Å². The number of aromatic amines is 2. The molecule has 0 spiro atoms. The molecule has 0 amide bonds. The first-order chi connectivity index (χ1) is 14.1. The predicted octanol–water partition coefficient (Wildman–Crippen LogP) is 3.54. The smallest absolute Gasteiger partial charge is 0.294 e. The van der Waals surface area contributed by atoms with Crippen molar-refractivity contribution in [3.8, 4) is 0 Å². The number of fused-ring (bicyclic) bond motifs is 4. The molecule has 0 bridgehead atoms. The lowest BCUT2D eigenvalue weighted by molar-refractivity contribution is 0.483. The molecule has 0 fully saturated rings. The highest BCUT2D eigenvalue weighted by Gasteiger charge is 2.16. The molecular weight excluding hydrogens is 404 g/mol. The summed E-state index contributed by atoms with van der Waals surface area (Å²) in [4.78, 5) is 32.2. The minimum absolute atomic E-state index is 0.159. The Morgan fingerprint density at radius 1 is 0.733 bits per heavy atom. The number of aromatic nitrogens is 2. The van der Waals surface area contributed by atoms with Gasteiger partial charge in [-0.05, 0) is 55.8 Å². The fourth-order valence-corrected chi connectivity index (χ4v) is 4.60. The number of nitrogens with one attached hydrogen (secondary N) is 2. The fourth-order valence-electron chi connectivity index (χ4n) is 4.01. The summed E-state index contributed by atoms with van der Waals surface area (Å²) in [6, 6.07) is 11.3. The van der Waals surface area contributed by atoms with E-state index in [1.54, 1.807) is 19.1 Å². The Kier molecular flexibility index (Phi) is 3.71. The van der Waals surface area contributed by atoms with E-state index in [2.05, 4.69) is 9.97 Å². The van der Waals surface area contributed by atoms with E-state index in [4.69, 9.17) is 0 Å². The van der Waals surface area contributed by atoms with Crippen LogP contribution in [0.25, 0.3) is 43.6 Å². The summed E-state index contributed by atoms with van der Waals surface area (Å²) in [7, 11) is -4.43. The van der Waals surface area contributed by atoms with Gasteiger partial charge in [-0.1, -0.05) is 11.6 Å². The molecule has 0 aliphatic heterocycles. The van der Waals surface area contributed by atoms with Crippen molar-refractivity contribution in [3.05, 3.63) is 74.0 Å². The maximum atomic E-state index is 13.2. The third kappa shape index (κ3) is 2.65. The molecule has 3 aromatic carbocycles. The van der Waals surface area contributed by atoms with E-state index in [0.717, 1.165) is 5.56 Å². The Labute approximate surface area is 169 Å². The van der Waals surface area contributed by atoms with E-state index < -0.39 is 10.1 Å². The summed E-state index contributed by atoms with van der Waals surface area (Å²) in [6.45, 7) is 3.51. The fraction of sp³-hybridized carbons (Fsp3) is 0.0909. The number of pyridine rings is 2. The summed E-state index contributed by atoms with van der Waals surface area (Å²) in [5, 5.41) is 1.67. The molecule has 5 rings (SSSR count). The normalized spacial score (nSPS) is 12.4. The third-order valence-electron chi connectivity index (χ3n) is 5.44. The van der Waals surface area contributed by atoms with Gasteiger partial charge >= 0.3 is 0 Å². The molecule has 2 heterocycles. The summed E-state index contributed by atoms with van der Waals surface area (Å²) < 4.78 is 32.5. The first-order valence-corrected chi connectivity index (χ1v) is 10.6. The van der Waals surface area contributed by atoms with Crippen LogP contribution >= 0.6 is 0 Å². The van der Waals surface area contributed by atoms with Gasteiger partial charge in [0.1, 0.15) is 0 Å². The molecule has 2 aromatic heterocycles. The molecule has 30 heavy (non-hydrogen) atoms. The quantitative estimate of drug-likeness (QED) is 0.283. The Bertz CT molecular complexity index is 1780. The second kappa shape index (κ2) is 6.01. The monoisotopic (exact) mass is 420 g/mol. The van der Waals surface area contributed by atoms with Crippen LogP contribution in [0.2, 0.25) is 0 Å². The van der Waals surface area contributed by atoms with Gasteiger partial charge in [0, 0.05) is 27.1 Å². The van der Waals surface area contributed by atoms with Crippen LogP contribution in [0.5, 0.6) is 0 Å². The highest BCUT2D eigenvalue weighted by Crippen LogP contribution is 2.25. The summed E-state index contributed by atoms with van der Waals surface area (Å²) in [5.74, 6) is 0. The van der Waals surface area contributed by atoms with Crippen LogP contribution < -0.4 is 10.9 Å². The van der Waals surface area contributed by atoms with E-state index in [-0.39, 0.29) is 21.3 Å². The van der Waals surface area contributed by atoms with Gasteiger partial charge in [-0.3, -0.25) is 14.1 Å². The van der Waals surface area contributed by atoms with E-state index in [0.29, 0.717) is 43.7 Å². The molecule has 8 heteroatoms. The topological polar surface area (TPSA) is 120 Å². The van der Waals surface area contributed by atoms with Crippen LogP contribution in [0.3, 0.4) is 0 Å². The molecule has 150 valence electrons. The van der Waals surface area contributed by atoms with E-state index >= 15 is 0 Å². The third-order valence-corrected chi connectivity index (χ3v) is 6.27.